The molecule has 5 rings (SSSR count). The van der Waals surface area contributed by atoms with Crippen LogP contribution in [0.15, 0.2) is 108 Å². The maximum atomic E-state index is 12.9. The molecule has 0 bridgehead atoms. The summed E-state index contributed by atoms with van der Waals surface area (Å²) in [6.07, 6.45) is 0.778. The van der Waals surface area contributed by atoms with E-state index >= 15 is 0 Å². The number of carbonyl (C=O) groups excluding carboxylic acids is 2. The minimum atomic E-state index is -3.85. The first kappa shape index (κ1) is 27.8. The standard InChI is InChI=1S/C30H26ClN3O4S2/c31-26-8-4-5-9-27(26)33-40(37,38)25-16-14-24(15-17-25)32-29(36)22-10-12-23(13-11-22)30-34(28(35)20-39-30)19-18-21-6-2-1-3-7-21/h1-17,30,33H,18-20H2,(H,32,36)/t30-/m0/s1. The molecule has 2 amide bonds. The summed E-state index contributed by atoms with van der Waals surface area (Å²) in [5, 5.41) is 2.99. The summed E-state index contributed by atoms with van der Waals surface area (Å²) < 4.78 is 27.9. The van der Waals surface area contributed by atoms with Gasteiger partial charge >= 0.3 is 0 Å². The molecule has 0 spiro atoms. The summed E-state index contributed by atoms with van der Waals surface area (Å²) in [7, 11) is -3.85. The van der Waals surface area contributed by atoms with E-state index in [1.807, 2.05) is 35.2 Å². The Balaban J connectivity index is 1.21. The Hall–Kier alpha value is -3.79. The van der Waals surface area contributed by atoms with Crippen LogP contribution in [0.3, 0.4) is 0 Å². The van der Waals surface area contributed by atoms with Gasteiger partial charge in [-0.25, -0.2) is 8.42 Å². The number of hydrogen-bond donors (Lipinski definition) is 2. The second-order valence-electron chi connectivity index (χ2n) is 9.17. The number of benzene rings is 4. The molecule has 0 radical (unpaired) electrons. The van der Waals surface area contributed by atoms with Crippen LogP contribution in [-0.2, 0) is 21.2 Å². The molecule has 1 atom stereocenters. The van der Waals surface area contributed by atoms with Gasteiger partial charge in [-0.3, -0.25) is 14.3 Å². The van der Waals surface area contributed by atoms with Crippen LogP contribution < -0.4 is 10.0 Å². The average Bonchev–Trinajstić information content (AvgIpc) is 3.34. The first-order valence-electron chi connectivity index (χ1n) is 12.5. The van der Waals surface area contributed by atoms with Crippen molar-refractivity contribution in [3.8, 4) is 0 Å². The third-order valence-electron chi connectivity index (χ3n) is 6.45. The molecule has 4 aromatic carbocycles. The highest BCUT2D eigenvalue weighted by Crippen LogP contribution is 2.38. The summed E-state index contributed by atoms with van der Waals surface area (Å²) in [4.78, 5) is 27.3. The molecule has 10 heteroatoms. The van der Waals surface area contributed by atoms with Gasteiger partial charge in [-0.05, 0) is 66.1 Å². The number of carbonyl (C=O) groups is 2. The average molecular weight is 592 g/mol. The molecule has 1 saturated heterocycles. The van der Waals surface area contributed by atoms with E-state index < -0.39 is 10.0 Å². The second-order valence-corrected chi connectivity index (χ2v) is 12.3. The van der Waals surface area contributed by atoms with Crippen molar-refractivity contribution < 1.29 is 18.0 Å². The number of sulfonamides is 1. The van der Waals surface area contributed by atoms with Gasteiger partial charge in [0.2, 0.25) is 5.91 Å². The van der Waals surface area contributed by atoms with E-state index in [1.165, 1.54) is 29.8 Å². The molecule has 1 fully saturated rings. The number of thioether (sulfide) groups is 1. The predicted molar refractivity (Wildman–Crippen MR) is 160 cm³/mol. The molecule has 1 heterocycles. The largest absolute Gasteiger partial charge is 0.326 e. The van der Waals surface area contributed by atoms with Gasteiger partial charge in [0.25, 0.3) is 15.9 Å². The first-order valence-corrected chi connectivity index (χ1v) is 15.4. The Bertz CT molecular complexity index is 1610. The van der Waals surface area contributed by atoms with Gasteiger partial charge in [-0.2, -0.15) is 0 Å². The number of amides is 2. The van der Waals surface area contributed by atoms with Gasteiger partial charge in [0, 0.05) is 17.8 Å². The fourth-order valence-electron chi connectivity index (χ4n) is 4.33. The van der Waals surface area contributed by atoms with Gasteiger partial charge in [0.15, 0.2) is 0 Å². The first-order chi connectivity index (χ1) is 19.3. The summed E-state index contributed by atoms with van der Waals surface area (Å²) in [5.74, 6) is 0.217. The van der Waals surface area contributed by atoms with Crippen LogP contribution in [0.25, 0.3) is 0 Å². The highest BCUT2D eigenvalue weighted by molar-refractivity contribution is 8.00. The number of para-hydroxylation sites is 1. The highest BCUT2D eigenvalue weighted by atomic mass is 35.5. The molecule has 0 saturated carbocycles. The molecule has 40 heavy (non-hydrogen) atoms. The molecule has 2 N–H and O–H groups in total. The fourth-order valence-corrected chi connectivity index (χ4v) is 6.87. The highest BCUT2D eigenvalue weighted by Gasteiger charge is 2.32. The Morgan fingerprint density at radius 3 is 2.27 bits per heavy atom. The predicted octanol–water partition coefficient (Wildman–Crippen LogP) is 6.21. The zero-order valence-electron chi connectivity index (χ0n) is 21.3. The van der Waals surface area contributed by atoms with E-state index in [0.29, 0.717) is 28.6 Å². The van der Waals surface area contributed by atoms with E-state index in [1.54, 1.807) is 48.2 Å². The molecule has 0 unspecified atom stereocenters. The van der Waals surface area contributed by atoms with Crippen molar-refractivity contribution in [2.75, 3.05) is 22.3 Å². The number of halogens is 1. The van der Waals surface area contributed by atoms with Gasteiger partial charge < -0.3 is 10.2 Å². The van der Waals surface area contributed by atoms with Gasteiger partial charge in [0.1, 0.15) is 5.37 Å². The summed E-state index contributed by atoms with van der Waals surface area (Å²) in [6.45, 7) is 0.627. The van der Waals surface area contributed by atoms with Crippen LogP contribution in [0.1, 0.15) is 26.9 Å². The van der Waals surface area contributed by atoms with Crippen LogP contribution in [0.5, 0.6) is 0 Å². The Morgan fingerprint density at radius 1 is 0.900 bits per heavy atom. The molecular weight excluding hydrogens is 566 g/mol. The summed E-state index contributed by atoms with van der Waals surface area (Å²) in [6, 6.07) is 29.7. The monoisotopic (exact) mass is 591 g/mol. The van der Waals surface area contributed by atoms with Crippen molar-refractivity contribution in [1.29, 1.82) is 0 Å². The van der Waals surface area contributed by atoms with Crippen LogP contribution in [0, 0.1) is 0 Å². The zero-order valence-corrected chi connectivity index (χ0v) is 23.7. The smallest absolute Gasteiger partial charge is 0.261 e. The SMILES string of the molecule is O=C(Nc1ccc(S(=O)(=O)Nc2ccccc2Cl)cc1)c1ccc([C@@H]2SCC(=O)N2CCc2ccccc2)cc1. The number of rotatable bonds is 9. The van der Waals surface area contributed by atoms with Crippen molar-refractivity contribution in [2.45, 2.75) is 16.7 Å². The number of nitrogens with zero attached hydrogens (tertiary/aromatic N) is 1. The molecular formula is C30H26ClN3O4S2. The Labute approximate surface area is 242 Å². The van der Waals surface area contributed by atoms with Gasteiger partial charge in [-0.1, -0.05) is 66.2 Å². The number of hydrogen-bond acceptors (Lipinski definition) is 5. The molecule has 4 aromatic rings. The summed E-state index contributed by atoms with van der Waals surface area (Å²) >= 11 is 7.65. The van der Waals surface area contributed by atoms with Crippen molar-refractivity contribution in [3.63, 3.8) is 0 Å². The van der Waals surface area contributed by atoms with E-state index in [0.717, 1.165) is 12.0 Å². The molecule has 0 aromatic heterocycles. The Morgan fingerprint density at radius 2 is 1.57 bits per heavy atom. The van der Waals surface area contributed by atoms with Crippen LogP contribution in [-0.4, -0.2) is 37.4 Å². The molecule has 204 valence electrons. The lowest BCUT2D eigenvalue weighted by Crippen LogP contribution is -2.30. The normalized spacial score (nSPS) is 15.2. The maximum absolute atomic E-state index is 12.9. The Kier molecular flexibility index (Phi) is 8.44. The summed E-state index contributed by atoms with van der Waals surface area (Å²) in [5.41, 5.74) is 3.33. The number of anilines is 2. The minimum absolute atomic E-state index is 0.0372. The van der Waals surface area contributed by atoms with Gasteiger partial charge in [0.05, 0.1) is 21.4 Å². The van der Waals surface area contributed by atoms with Crippen molar-refractivity contribution >= 4 is 56.6 Å². The van der Waals surface area contributed by atoms with Crippen molar-refractivity contribution in [1.82, 2.24) is 4.90 Å². The maximum Gasteiger partial charge on any atom is 0.261 e. The third kappa shape index (κ3) is 6.50. The minimum Gasteiger partial charge on any atom is -0.326 e. The second kappa shape index (κ2) is 12.2. The van der Waals surface area contributed by atoms with Crippen molar-refractivity contribution in [3.05, 3.63) is 125 Å². The molecule has 1 aliphatic rings. The van der Waals surface area contributed by atoms with E-state index in [4.69, 9.17) is 11.6 Å². The van der Waals surface area contributed by atoms with E-state index in [9.17, 15) is 18.0 Å². The number of nitrogens with one attached hydrogen (secondary N) is 2. The molecule has 7 nitrogen and oxygen atoms in total. The third-order valence-corrected chi connectivity index (χ3v) is 9.42. The van der Waals surface area contributed by atoms with Crippen LogP contribution in [0.4, 0.5) is 11.4 Å². The quantitative estimate of drug-likeness (QED) is 0.241. The van der Waals surface area contributed by atoms with Gasteiger partial charge in [-0.15, -0.1) is 11.8 Å². The van der Waals surface area contributed by atoms with Crippen LogP contribution >= 0.6 is 23.4 Å². The van der Waals surface area contributed by atoms with Crippen LogP contribution in [0.2, 0.25) is 5.02 Å². The van der Waals surface area contributed by atoms with E-state index in [-0.39, 0.29) is 27.8 Å². The lowest BCUT2D eigenvalue weighted by molar-refractivity contribution is -0.128. The molecule has 0 aliphatic carbocycles. The fraction of sp³-hybridized carbons (Fsp3) is 0.133. The lowest BCUT2D eigenvalue weighted by atomic mass is 10.1. The van der Waals surface area contributed by atoms with Crippen molar-refractivity contribution in [2.24, 2.45) is 0 Å². The van der Waals surface area contributed by atoms with E-state index in [2.05, 4.69) is 22.2 Å². The molecule has 1 aliphatic heterocycles. The zero-order chi connectivity index (χ0) is 28.1. The lowest BCUT2D eigenvalue weighted by Gasteiger charge is -2.24. The topological polar surface area (TPSA) is 95.6 Å².